The summed E-state index contributed by atoms with van der Waals surface area (Å²) in [4.78, 5) is 14.9. The number of benzene rings is 9. The second-order valence-electron chi connectivity index (χ2n) is 17.9. The van der Waals surface area contributed by atoms with Gasteiger partial charge in [-0.1, -0.05) is 166 Å². The molecule has 11 heteroatoms. The number of aromatic nitrogens is 4. The van der Waals surface area contributed by atoms with Gasteiger partial charge in [0.2, 0.25) is 0 Å². The minimum absolute atomic E-state index is 0.633. The van der Waals surface area contributed by atoms with Crippen LogP contribution >= 0.6 is 0 Å². The third-order valence-corrected chi connectivity index (χ3v) is 13.7. The first-order chi connectivity index (χ1) is 32.2. The molecule has 12 aromatic rings. The quantitative estimate of drug-likeness (QED) is 0.239. The Labute approximate surface area is 388 Å². The van der Waals surface area contributed by atoms with Crippen LogP contribution in [0.4, 0.5) is 0 Å². The highest BCUT2D eigenvalue weighted by Gasteiger charge is 2.23. The zero-order valence-corrected chi connectivity index (χ0v) is 37.9. The van der Waals surface area contributed by atoms with Crippen molar-refractivity contribution in [1.82, 2.24) is 19.5 Å². The van der Waals surface area contributed by atoms with Gasteiger partial charge in [-0.2, -0.15) is 0 Å². The number of hydrogen-bond donors (Lipinski definition) is 0. The molecule has 12 rings (SSSR count). The summed E-state index contributed by atoms with van der Waals surface area (Å²) in [5, 5.41) is 7.11. The highest BCUT2D eigenvalue weighted by atomic mass is 16.3. The first-order valence-corrected chi connectivity index (χ1v) is 22.7. The lowest BCUT2D eigenvalue weighted by molar-refractivity contribution is 0.670. The predicted molar refractivity (Wildman–Crippen MR) is 295 cm³/mol. The van der Waals surface area contributed by atoms with E-state index in [1.165, 1.54) is 54.6 Å². The Bertz CT molecular complexity index is 3820. The number of furan rings is 1. The Hall–Kier alpha value is -7.76. The predicted octanol–water partition coefficient (Wildman–Crippen LogP) is 3.91. The average Bonchev–Trinajstić information content (AvgIpc) is 3.92. The lowest BCUT2D eigenvalue weighted by Crippen LogP contribution is -2.33. The lowest BCUT2D eigenvalue weighted by Gasteiger charge is -2.15. The molecule has 0 unspecified atom stereocenters. The van der Waals surface area contributed by atoms with E-state index in [2.05, 4.69) is 161 Å². The normalized spacial score (nSPS) is 11.7. The van der Waals surface area contributed by atoms with Crippen LogP contribution in [0.25, 0.3) is 117 Å². The van der Waals surface area contributed by atoms with Crippen molar-refractivity contribution in [3.05, 3.63) is 170 Å². The van der Waals surface area contributed by atoms with Crippen molar-refractivity contribution in [1.29, 1.82) is 0 Å². The van der Waals surface area contributed by atoms with Crippen LogP contribution in [0.5, 0.6) is 0 Å². The first kappa shape index (κ1) is 39.8. The Morgan fingerprint density at radius 3 is 1.44 bits per heavy atom. The van der Waals surface area contributed by atoms with Crippen molar-refractivity contribution in [3.8, 4) is 62.1 Å². The molecule has 0 N–H and O–H groups in total. The van der Waals surface area contributed by atoms with Crippen molar-refractivity contribution in [2.24, 2.45) is 0 Å². The van der Waals surface area contributed by atoms with E-state index >= 15 is 0 Å². The fourth-order valence-electron chi connectivity index (χ4n) is 10.2. The zero-order chi connectivity index (χ0) is 44.8. The molecule has 0 radical (unpaired) electrons. The summed E-state index contributed by atoms with van der Waals surface area (Å²) >= 11 is 0. The molecule has 0 atom stereocenters. The van der Waals surface area contributed by atoms with Gasteiger partial charge in [0.15, 0.2) is 17.5 Å². The number of fused-ring (bicyclic) bond motifs is 7. The van der Waals surface area contributed by atoms with E-state index in [9.17, 15) is 0 Å². The van der Waals surface area contributed by atoms with Crippen LogP contribution in [-0.2, 0) is 0 Å². The van der Waals surface area contributed by atoms with Crippen LogP contribution < -0.4 is 32.8 Å². The van der Waals surface area contributed by atoms with Crippen LogP contribution in [0.2, 0.25) is 0 Å². The molecule has 0 aliphatic heterocycles. The monoisotopic (exact) mass is 838 g/mol. The molecule has 9 aromatic carbocycles. The molecule has 5 nitrogen and oxygen atoms in total. The maximum atomic E-state index is 6.99. The van der Waals surface area contributed by atoms with Crippen molar-refractivity contribution in [3.63, 3.8) is 0 Å². The van der Waals surface area contributed by atoms with Gasteiger partial charge in [-0.15, -0.1) is 0 Å². The second kappa shape index (κ2) is 15.5. The van der Waals surface area contributed by atoms with Crippen LogP contribution in [0.3, 0.4) is 0 Å². The molecule has 0 amide bonds. The standard InChI is InChI=1S/C55H40B6N4O/c56-41-27-43(58)50-46(48(41)60)47-49(61)42(57)28-44(59)51(47)65(50)37-25-39(30-10-4-1-5-11-30)52-40(26-37)38-21-20-34(24-45(38)66-52)33-18-16-29-17-19-35(23-36(29)22-33)55-63-53(31-12-6-2-7-13-31)62-54(64-55)32-14-8-3-9-15-32/h1-28H,56-61H2. The van der Waals surface area contributed by atoms with Gasteiger partial charge in [-0.25, -0.2) is 15.0 Å². The van der Waals surface area contributed by atoms with Crippen molar-refractivity contribution >= 4 is 134 Å². The molecule has 0 saturated heterocycles. The molecule has 0 bridgehead atoms. The molecule has 0 fully saturated rings. The minimum Gasteiger partial charge on any atom is -0.455 e. The molecule has 66 heavy (non-hydrogen) atoms. The van der Waals surface area contributed by atoms with Gasteiger partial charge in [0.1, 0.15) is 58.2 Å². The number of nitrogens with zero attached hydrogens (tertiary/aromatic N) is 4. The second-order valence-corrected chi connectivity index (χ2v) is 17.9. The van der Waals surface area contributed by atoms with E-state index in [0.717, 1.165) is 77.3 Å². The maximum Gasteiger partial charge on any atom is 0.164 e. The fraction of sp³-hybridized carbons (Fsp3) is 0. The van der Waals surface area contributed by atoms with Gasteiger partial charge >= 0.3 is 0 Å². The van der Waals surface area contributed by atoms with Crippen molar-refractivity contribution in [2.45, 2.75) is 0 Å². The molecule has 3 heterocycles. The van der Waals surface area contributed by atoms with E-state index in [4.69, 9.17) is 19.4 Å². The van der Waals surface area contributed by atoms with Crippen LogP contribution in [0.1, 0.15) is 0 Å². The molecule has 0 spiro atoms. The first-order valence-electron chi connectivity index (χ1n) is 22.7. The SMILES string of the molecule is Bc1cc(B)c2c(c1B)c1c(B)c(B)cc(B)c1n2-c1cc(-c2ccccc2)c2oc3cc(-c4ccc5ccc(-c6nc(-c7ccccc7)nc(-c7ccccc7)n6)cc5c4)ccc3c2c1. The Morgan fingerprint density at radius 2 is 0.864 bits per heavy atom. The minimum atomic E-state index is 0.633. The van der Waals surface area contributed by atoms with Gasteiger partial charge in [-0.05, 0) is 74.6 Å². The summed E-state index contributed by atoms with van der Waals surface area (Å²) < 4.78 is 9.52. The highest BCUT2D eigenvalue weighted by molar-refractivity contribution is 6.62. The van der Waals surface area contributed by atoms with E-state index in [-0.39, 0.29) is 0 Å². The third kappa shape index (κ3) is 6.44. The van der Waals surface area contributed by atoms with E-state index in [0.29, 0.717) is 17.5 Å². The summed E-state index contributed by atoms with van der Waals surface area (Å²) in [6.45, 7) is 0. The largest absolute Gasteiger partial charge is 0.455 e. The van der Waals surface area contributed by atoms with Gasteiger partial charge < -0.3 is 8.98 Å². The Kier molecular flexibility index (Phi) is 9.32. The summed E-state index contributed by atoms with van der Waals surface area (Å²) in [5.74, 6) is 1.92. The summed E-state index contributed by atoms with van der Waals surface area (Å²) in [5.41, 5.74) is 20.4. The smallest absolute Gasteiger partial charge is 0.164 e. The summed E-state index contributed by atoms with van der Waals surface area (Å²) in [7, 11) is 13.6. The van der Waals surface area contributed by atoms with E-state index < -0.39 is 0 Å². The molecule has 0 saturated carbocycles. The molecular formula is C55H40B6N4O. The third-order valence-electron chi connectivity index (χ3n) is 13.7. The van der Waals surface area contributed by atoms with Gasteiger partial charge in [0, 0.05) is 49.7 Å². The molecule has 304 valence electrons. The highest BCUT2D eigenvalue weighted by Crippen LogP contribution is 2.41. The van der Waals surface area contributed by atoms with Gasteiger partial charge in [-0.3, -0.25) is 0 Å². The molecule has 0 aliphatic rings. The van der Waals surface area contributed by atoms with Crippen molar-refractivity contribution in [2.75, 3.05) is 0 Å². The lowest BCUT2D eigenvalue weighted by atomic mass is 9.71. The van der Waals surface area contributed by atoms with Gasteiger partial charge in [0.25, 0.3) is 0 Å². The number of hydrogen-bond acceptors (Lipinski definition) is 4. The number of rotatable bonds is 6. The summed E-state index contributed by atoms with van der Waals surface area (Å²) in [6, 6.07) is 60.0. The van der Waals surface area contributed by atoms with Crippen LogP contribution in [0.15, 0.2) is 174 Å². The zero-order valence-electron chi connectivity index (χ0n) is 37.9. The maximum absolute atomic E-state index is 6.99. The average molecular weight is 838 g/mol. The molecular weight excluding hydrogens is 798 g/mol. The Balaban J connectivity index is 1.02. The fourth-order valence-corrected chi connectivity index (χ4v) is 10.2. The Morgan fingerprint density at radius 1 is 0.379 bits per heavy atom. The molecule has 0 aliphatic carbocycles. The van der Waals surface area contributed by atoms with E-state index in [1.54, 1.807) is 0 Å². The van der Waals surface area contributed by atoms with Gasteiger partial charge in [0.05, 0.1) is 0 Å². The van der Waals surface area contributed by atoms with Crippen molar-refractivity contribution < 1.29 is 4.42 Å². The van der Waals surface area contributed by atoms with Crippen LogP contribution in [-0.4, -0.2) is 66.6 Å². The molecule has 3 aromatic heterocycles. The summed E-state index contributed by atoms with van der Waals surface area (Å²) in [6.07, 6.45) is 0. The van der Waals surface area contributed by atoms with Crippen LogP contribution in [0, 0.1) is 0 Å². The topological polar surface area (TPSA) is 56.7 Å². The van der Waals surface area contributed by atoms with E-state index in [1.807, 2.05) is 60.7 Å².